The van der Waals surface area contributed by atoms with Crippen LogP contribution in [0.2, 0.25) is 0 Å². The van der Waals surface area contributed by atoms with Crippen molar-refractivity contribution in [2.75, 3.05) is 24.0 Å². The van der Waals surface area contributed by atoms with E-state index < -0.39 is 0 Å². The molecule has 0 spiro atoms. The van der Waals surface area contributed by atoms with Gasteiger partial charge in [-0.3, -0.25) is 4.79 Å². The molecule has 3 rings (SSSR count). The van der Waals surface area contributed by atoms with Crippen LogP contribution in [-0.4, -0.2) is 33.6 Å². The molecule has 26 heavy (non-hydrogen) atoms. The number of benzene rings is 2. The molecule has 8 heteroatoms. The number of nitrogens with zero attached hydrogens (tertiary/aromatic N) is 3. The Morgan fingerprint density at radius 3 is 2.58 bits per heavy atom. The summed E-state index contributed by atoms with van der Waals surface area (Å²) in [6, 6.07) is 17.0. The summed E-state index contributed by atoms with van der Waals surface area (Å²) in [6.45, 7) is 0. The maximum absolute atomic E-state index is 12.1. The fourth-order valence-corrected chi connectivity index (χ4v) is 2.98. The lowest BCUT2D eigenvalue weighted by Gasteiger charge is -2.06. The fraction of sp³-hybridized carbons (Fsp3) is 0.167. The molecule has 0 fully saturated rings. The molecule has 0 radical (unpaired) electrons. The van der Waals surface area contributed by atoms with Crippen LogP contribution in [0.5, 0.6) is 5.75 Å². The summed E-state index contributed by atoms with van der Waals surface area (Å²) in [5.74, 6) is 7.47. The van der Waals surface area contributed by atoms with E-state index in [9.17, 15) is 4.79 Å². The first-order valence-corrected chi connectivity index (χ1v) is 8.94. The predicted molar refractivity (Wildman–Crippen MR) is 102 cm³/mol. The second-order valence-electron chi connectivity index (χ2n) is 5.50. The molecule has 2 aromatic carbocycles. The van der Waals surface area contributed by atoms with E-state index >= 15 is 0 Å². The van der Waals surface area contributed by atoms with Crippen molar-refractivity contribution in [3.8, 4) is 5.75 Å². The van der Waals surface area contributed by atoms with Gasteiger partial charge in [0.1, 0.15) is 5.75 Å². The van der Waals surface area contributed by atoms with Gasteiger partial charge >= 0.3 is 0 Å². The summed E-state index contributed by atoms with van der Waals surface area (Å²) >= 11 is 1.24. The van der Waals surface area contributed by atoms with Gasteiger partial charge in [0.15, 0.2) is 5.82 Å². The van der Waals surface area contributed by atoms with Crippen molar-refractivity contribution < 1.29 is 9.53 Å². The number of nitrogens with one attached hydrogen (secondary N) is 1. The van der Waals surface area contributed by atoms with Gasteiger partial charge in [0, 0.05) is 12.1 Å². The van der Waals surface area contributed by atoms with Crippen LogP contribution in [0.25, 0.3) is 0 Å². The van der Waals surface area contributed by atoms with Crippen LogP contribution in [0.4, 0.5) is 5.69 Å². The van der Waals surface area contributed by atoms with E-state index in [1.54, 1.807) is 31.4 Å². The quantitative estimate of drug-likeness (QED) is 0.490. The average Bonchev–Trinajstić information content (AvgIpc) is 3.01. The number of nitrogens with two attached hydrogens (primary N) is 1. The molecule has 7 nitrogen and oxygen atoms in total. The molecule has 1 heterocycles. The number of ether oxygens (including phenoxy) is 1. The topological polar surface area (TPSA) is 95.1 Å². The molecule has 0 aliphatic carbocycles. The standard InChI is InChI=1S/C18H19N5O2S/c1-25-15-9-7-14(8-10-15)20-17(24)12-26-18-22-21-16(23(18)19)11-13-5-3-2-4-6-13/h2-10H,11-12,19H2,1H3,(H,20,24). The molecule has 0 bridgehead atoms. The molecule has 0 saturated carbocycles. The van der Waals surface area contributed by atoms with E-state index in [-0.39, 0.29) is 11.7 Å². The van der Waals surface area contributed by atoms with Crippen LogP contribution in [0.15, 0.2) is 59.8 Å². The minimum Gasteiger partial charge on any atom is -0.497 e. The Hall–Kier alpha value is -3.00. The number of anilines is 1. The van der Waals surface area contributed by atoms with Gasteiger partial charge in [0.2, 0.25) is 11.1 Å². The van der Waals surface area contributed by atoms with E-state index in [0.717, 1.165) is 11.3 Å². The van der Waals surface area contributed by atoms with Crippen LogP contribution in [0.3, 0.4) is 0 Å². The molecule has 1 amide bonds. The van der Waals surface area contributed by atoms with E-state index in [0.29, 0.717) is 23.1 Å². The minimum absolute atomic E-state index is 0.146. The molecule has 1 aromatic heterocycles. The number of methoxy groups -OCH3 is 1. The van der Waals surface area contributed by atoms with Crippen LogP contribution < -0.4 is 15.9 Å². The summed E-state index contributed by atoms with van der Waals surface area (Å²) in [6.07, 6.45) is 0.586. The Morgan fingerprint density at radius 1 is 1.15 bits per heavy atom. The highest BCUT2D eigenvalue weighted by atomic mass is 32.2. The molecule has 0 saturated heterocycles. The number of nitrogen functional groups attached to an aromatic ring is 1. The van der Waals surface area contributed by atoms with E-state index in [1.807, 2.05) is 30.3 Å². The minimum atomic E-state index is -0.146. The van der Waals surface area contributed by atoms with Crippen molar-refractivity contribution in [1.29, 1.82) is 0 Å². The number of aromatic nitrogens is 3. The Morgan fingerprint density at radius 2 is 1.88 bits per heavy atom. The summed E-state index contributed by atoms with van der Waals surface area (Å²) in [4.78, 5) is 12.1. The average molecular weight is 369 g/mol. The van der Waals surface area contributed by atoms with E-state index in [4.69, 9.17) is 10.6 Å². The molecule has 0 aliphatic heterocycles. The van der Waals surface area contributed by atoms with Crippen molar-refractivity contribution in [3.05, 3.63) is 66.0 Å². The van der Waals surface area contributed by atoms with Crippen LogP contribution in [0.1, 0.15) is 11.4 Å². The molecule has 0 unspecified atom stereocenters. The lowest BCUT2D eigenvalue weighted by molar-refractivity contribution is -0.113. The van der Waals surface area contributed by atoms with Gasteiger partial charge in [-0.25, -0.2) is 4.68 Å². The monoisotopic (exact) mass is 369 g/mol. The van der Waals surface area contributed by atoms with E-state index in [2.05, 4.69) is 15.5 Å². The van der Waals surface area contributed by atoms with Gasteiger partial charge in [-0.1, -0.05) is 42.1 Å². The molecular formula is C18H19N5O2S. The Balaban J connectivity index is 1.55. The highest BCUT2D eigenvalue weighted by Gasteiger charge is 2.13. The number of rotatable bonds is 7. The van der Waals surface area contributed by atoms with Crippen molar-refractivity contribution in [2.45, 2.75) is 11.6 Å². The third-order valence-electron chi connectivity index (χ3n) is 3.65. The van der Waals surface area contributed by atoms with Crippen molar-refractivity contribution in [2.24, 2.45) is 0 Å². The first-order valence-electron chi connectivity index (χ1n) is 7.95. The highest BCUT2D eigenvalue weighted by Crippen LogP contribution is 2.18. The second-order valence-corrected chi connectivity index (χ2v) is 6.44. The lowest BCUT2D eigenvalue weighted by atomic mass is 10.1. The number of hydrogen-bond acceptors (Lipinski definition) is 6. The van der Waals surface area contributed by atoms with Gasteiger partial charge in [-0.2, -0.15) is 0 Å². The largest absolute Gasteiger partial charge is 0.497 e. The zero-order valence-electron chi connectivity index (χ0n) is 14.3. The number of thioether (sulfide) groups is 1. The number of carbonyl (C=O) groups excluding carboxylic acids is 1. The summed E-state index contributed by atoms with van der Waals surface area (Å²) in [7, 11) is 1.60. The third-order valence-corrected chi connectivity index (χ3v) is 4.59. The third kappa shape index (κ3) is 4.54. The van der Waals surface area contributed by atoms with Crippen LogP contribution in [-0.2, 0) is 11.2 Å². The molecule has 0 aliphatic rings. The summed E-state index contributed by atoms with van der Waals surface area (Å²) in [5, 5.41) is 11.5. The van der Waals surface area contributed by atoms with Gasteiger partial charge < -0.3 is 15.9 Å². The second kappa shape index (κ2) is 8.39. The number of carbonyl (C=O) groups is 1. The van der Waals surface area contributed by atoms with E-state index in [1.165, 1.54) is 16.4 Å². The number of amides is 1. The number of hydrogen-bond donors (Lipinski definition) is 2. The van der Waals surface area contributed by atoms with Crippen molar-refractivity contribution in [1.82, 2.24) is 14.9 Å². The molecule has 134 valence electrons. The predicted octanol–water partition coefficient (Wildman–Crippen LogP) is 2.32. The van der Waals surface area contributed by atoms with Crippen LogP contribution in [0, 0.1) is 0 Å². The Bertz CT molecular complexity index is 865. The maximum Gasteiger partial charge on any atom is 0.234 e. The smallest absolute Gasteiger partial charge is 0.234 e. The van der Waals surface area contributed by atoms with Crippen LogP contribution >= 0.6 is 11.8 Å². The Labute approximate surface area is 155 Å². The van der Waals surface area contributed by atoms with Crippen molar-refractivity contribution >= 4 is 23.4 Å². The zero-order valence-corrected chi connectivity index (χ0v) is 15.1. The van der Waals surface area contributed by atoms with Gasteiger partial charge in [0.25, 0.3) is 0 Å². The normalized spacial score (nSPS) is 10.5. The summed E-state index contributed by atoms with van der Waals surface area (Å²) in [5.41, 5.74) is 1.80. The molecule has 0 atom stereocenters. The van der Waals surface area contributed by atoms with Crippen molar-refractivity contribution in [3.63, 3.8) is 0 Å². The first kappa shape index (κ1) is 17.8. The maximum atomic E-state index is 12.1. The zero-order chi connectivity index (χ0) is 18.4. The molecular weight excluding hydrogens is 350 g/mol. The lowest BCUT2D eigenvalue weighted by Crippen LogP contribution is -2.17. The van der Waals surface area contributed by atoms with Gasteiger partial charge in [-0.05, 0) is 29.8 Å². The fourth-order valence-electron chi connectivity index (χ4n) is 2.31. The van der Waals surface area contributed by atoms with Gasteiger partial charge in [0.05, 0.1) is 12.9 Å². The van der Waals surface area contributed by atoms with Gasteiger partial charge in [-0.15, -0.1) is 10.2 Å². The Kier molecular flexibility index (Phi) is 5.75. The summed E-state index contributed by atoms with van der Waals surface area (Å²) < 4.78 is 6.52. The molecule has 3 aromatic rings. The molecule has 3 N–H and O–H groups in total. The first-order chi connectivity index (χ1) is 12.7. The SMILES string of the molecule is COc1ccc(NC(=O)CSc2nnc(Cc3ccccc3)n2N)cc1. The highest BCUT2D eigenvalue weighted by molar-refractivity contribution is 7.99.